The highest BCUT2D eigenvalue weighted by Crippen LogP contribution is 2.18. The summed E-state index contributed by atoms with van der Waals surface area (Å²) < 4.78 is 6.06. The first-order chi connectivity index (χ1) is 9.63. The molecule has 0 atom stereocenters. The van der Waals surface area contributed by atoms with Crippen molar-refractivity contribution in [3.05, 3.63) is 52.5 Å². The van der Waals surface area contributed by atoms with E-state index in [-0.39, 0.29) is 5.91 Å². The number of halogens is 1. The van der Waals surface area contributed by atoms with Gasteiger partial charge in [0.25, 0.3) is 5.91 Å². The molecule has 0 radical (unpaired) electrons. The molecule has 0 bridgehead atoms. The zero-order valence-electron chi connectivity index (χ0n) is 10.8. The van der Waals surface area contributed by atoms with Gasteiger partial charge < -0.3 is 9.32 Å². The number of hydrogen-bond acceptors (Lipinski definition) is 3. The fraction of sp³-hybridized carbons (Fsp3) is 0.143. The lowest BCUT2D eigenvalue weighted by atomic mass is 10.1. The van der Waals surface area contributed by atoms with Crippen LogP contribution in [0.25, 0.3) is 10.9 Å². The average molecular weight is 334 g/mol. The fourth-order valence-electron chi connectivity index (χ4n) is 2.03. The lowest BCUT2D eigenvalue weighted by Gasteiger charge is -2.15. The highest BCUT2D eigenvalue weighted by molar-refractivity contribution is 9.10. The minimum Gasteiger partial charge on any atom is -0.452 e. The maximum absolute atomic E-state index is 12.4. The average Bonchev–Trinajstić information content (AvgIpc) is 3.05. The van der Waals surface area contributed by atoms with Crippen LogP contribution in [-0.4, -0.2) is 28.1 Å². The van der Waals surface area contributed by atoms with E-state index in [1.165, 1.54) is 0 Å². The Morgan fingerprint density at radius 2 is 2.25 bits per heavy atom. The summed E-state index contributed by atoms with van der Waals surface area (Å²) in [4.78, 5) is 14.0. The summed E-state index contributed by atoms with van der Waals surface area (Å²) in [6.07, 6.45) is 1.73. The van der Waals surface area contributed by atoms with Crippen molar-refractivity contribution in [3.63, 3.8) is 0 Å². The van der Waals surface area contributed by atoms with Crippen molar-refractivity contribution in [2.75, 3.05) is 7.05 Å². The molecule has 6 heteroatoms. The van der Waals surface area contributed by atoms with Crippen molar-refractivity contribution in [1.82, 2.24) is 15.1 Å². The molecule has 0 spiro atoms. The van der Waals surface area contributed by atoms with Crippen LogP contribution in [0.1, 0.15) is 16.1 Å². The minimum absolute atomic E-state index is 0.0611. The van der Waals surface area contributed by atoms with Crippen molar-refractivity contribution in [2.24, 2.45) is 0 Å². The van der Waals surface area contributed by atoms with E-state index in [9.17, 15) is 4.79 Å². The standard InChI is InChI=1S/C14H12BrN3O2/c1-18(8-11-4-5-13(15)20-11)14(19)9-2-3-10-7-16-17-12(10)6-9/h2-7H,8H2,1H3,(H,16,17). The zero-order chi connectivity index (χ0) is 14.1. The number of amides is 1. The predicted octanol–water partition coefficient (Wildman–Crippen LogP) is 3.19. The molecule has 0 saturated heterocycles. The number of carbonyl (C=O) groups excluding carboxylic acids is 1. The summed E-state index contributed by atoms with van der Waals surface area (Å²) in [6, 6.07) is 9.13. The molecule has 3 rings (SSSR count). The van der Waals surface area contributed by atoms with Crippen molar-refractivity contribution >= 4 is 32.7 Å². The third kappa shape index (κ3) is 2.46. The van der Waals surface area contributed by atoms with Gasteiger partial charge in [-0.05, 0) is 40.2 Å². The first-order valence-corrected chi connectivity index (χ1v) is 6.85. The van der Waals surface area contributed by atoms with Crippen LogP contribution in [0.3, 0.4) is 0 Å². The Labute approximate surface area is 123 Å². The quantitative estimate of drug-likeness (QED) is 0.800. The molecule has 0 aliphatic rings. The molecule has 1 aromatic carbocycles. The van der Waals surface area contributed by atoms with Gasteiger partial charge in [0.15, 0.2) is 4.67 Å². The molecule has 20 heavy (non-hydrogen) atoms. The topological polar surface area (TPSA) is 62.1 Å². The molecule has 5 nitrogen and oxygen atoms in total. The first-order valence-electron chi connectivity index (χ1n) is 6.06. The highest BCUT2D eigenvalue weighted by atomic mass is 79.9. The highest BCUT2D eigenvalue weighted by Gasteiger charge is 2.14. The van der Waals surface area contributed by atoms with Gasteiger partial charge in [-0.15, -0.1) is 0 Å². The molecule has 0 aliphatic heterocycles. The molecule has 2 aromatic heterocycles. The number of aromatic amines is 1. The smallest absolute Gasteiger partial charge is 0.254 e. The number of furan rings is 1. The monoisotopic (exact) mass is 333 g/mol. The number of carbonyl (C=O) groups is 1. The van der Waals surface area contributed by atoms with E-state index in [4.69, 9.17) is 4.42 Å². The SMILES string of the molecule is CN(Cc1ccc(Br)o1)C(=O)c1ccc2cn[nH]c2c1. The molecule has 0 fully saturated rings. The Morgan fingerprint density at radius 1 is 1.40 bits per heavy atom. The number of aromatic nitrogens is 2. The number of rotatable bonds is 3. The Morgan fingerprint density at radius 3 is 3.00 bits per heavy atom. The van der Waals surface area contributed by atoms with Crippen molar-refractivity contribution in [1.29, 1.82) is 0 Å². The van der Waals surface area contributed by atoms with Crippen LogP contribution in [0, 0.1) is 0 Å². The number of hydrogen-bond donors (Lipinski definition) is 1. The molecule has 1 amide bonds. The van der Waals surface area contributed by atoms with Crippen LogP contribution in [0.15, 0.2) is 45.6 Å². The van der Waals surface area contributed by atoms with Gasteiger partial charge in [-0.2, -0.15) is 5.10 Å². The van der Waals surface area contributed by atoms with E-state index in [0.717, 1.165) is 16.7 Å². The molecule has 2 heterocycles. The van der Waals surface area contributed by atoms with Crippen LogP contribution in [-0.2, 0) is 6.54 Å². The van der Waals surface area contributed by atoms with Crippen LogP contribution in [0.4, 0.5) is 0 Å². The normalized spacial score (nSPS) is 10.9. The van der Waals surface area contributed by atoms with Gasteiger partial charge in [-0.1, -0.05) is 6.07 Å². The van der Waals surface area contributed by atoms with E-state index >= 15 is 0 Å². The summed E-state index contributed by atoms with van der Waals surface area (Å²) in [5.74, 6) is 0.671. The molecule has 0 unspecified atom stereocenters. The second kappa shape index (κ2) is 5.13. The number of benzene rings is 1. The van der Waals surface area contributed by atoms with E-state index in [1.54, 1.807) is 30.3 Å². The molecule has 0 aliphatic carbocycles. The Balaban J connectivity index is 1.80. The van der Waals surface area contributed by atoms with E-state index in [0.29, 0.717) is 16.8 Å². The minimum atomic E-state index is -0.0611. The first kappa shape index (κ1) is 12.9. The summed E-state index contributed by atoms with van der Waals surface area (Å²) in [7, 11) is 1.75. The largest absolute Gasteiger partial charge is 0.452 e. The molecular weight excluding hydrogens is 322 g/mol. The van der Waals surface area contributed by atoms with Crippen molar-refractivity contribution in [3.8, 4) is 0 Å². The Hall–Kier alpha value is -2.08. The molecule has 102 valence electrons. The third-order valence-electron chi connectivity index (χ3n) is 3.06. The predicted molar refractivity (Wildman–Crippen MR) is 78.3 cm³/mol. The lowest BCUT2D eigenvalue weighted by Crippen LogP contribution is -2.25. The van der Waals surface area contributed by atoms with E-state index in [2.05, 4.69) is 26.1 Å². The second-order valence-electron chi connectivity index (χ2n) is 4.54. The van der Waals surface area contributed by atoms with Crippen LogP contribution in [0.5, 0.6) is 0 Å². The Bertz CT molecular complexity index is 762. The number of nitrogens with zero attached hydrogens (tertiary/aromatic N) is 2. The lowest BCUT2D eigenvalue weighted by molar-refractivity contribution is 0.0775. The van der Waals surface area contributed by atoms with Gasteiger partial charge in [0.2, 0.25) is 0 Å². The van der Waals surface area contributed by atoms with Gasteiger partial charge in [0.1, 0.15) is 5.76 Å². The second-order valence-corrected chi connectivity index (χ2v) is 5.32. The maximum atomic E-state index is 12.4. The van der Waals surface area contributed by atoms with Gasteiger partial charge in [-0.3, -0.25) is 9.89 Å². The van der Waals surface area contributed by atoms with Crippen molar-refractivity contribution < 1.29 is 9.21 Å². The molecular formula is C14H12BrN3O2. The zero-order valence-corrected chi connectivity index (χ0v) is 12.3. The van der Waals surface area contributed by atoms with Gasteiger partial charge in [0, 0.05) is 18.0 Å². The summed E-state index contributed by atoms with van der Waals surface area (Å²) in [5, 5.41) is 7.79. The summed E-state index contributed by atoms with van der Waals surface area (Å²) in [6.45, 7) is 0.422. The van der Waals surface area contributed by atoms with E-state index in [1.807, 2.05) is 18.2 Å². The number of nitrogens with one attached hydrogen (secondary N) is 1. The number of H-pyrrole nitrogens is 1. The maximum Gasteiger partial charge on any atom is 0.254 e. The van der Waals surface area contributed by atoms with Crippen LogP contribution >= 0.6 is 15.9 Å². The molecule has 0 saturated carbocycles. The van der Waals surface area contributed by atoms with Gasteiger partial charge >= 0.3 is 0 Å². The summed E-state index contributed by atoms with van der Waals surface area (Å²) in [5.41, 5.74) is 1.47. The molecule has 3 aromatic rings. The summed E-state index contributed by atoms with van der Waals surface area (Å²) >= 11 is 3.25. The van der Waals surface area contributed by atoms with Gasteiger partial charge in [0.05, 0.1) is 18.3 Å². The van der Waals surface area contributed by atoms with Crippen LogP contribution < -0.4 is 0 Å². The third-order valence-corrected chi connectivity index (χ3v) is 3.48. The van der Waals surface area contributed by atoms with Gasteiger partial charge in [-0.25, -0.2) is 0 Å². The number of fused-ring (bicyclic) bond motifs is 1. The van der Waals surface area contributed by atoms with Crippen LogP contribution in [0.2, 0.25) is 0 Å². The van der Waals surface area contributed by atoms with Crippen molar-refractivity contribution in [2.45, 2.75) is 6.54 Å². The van der Waals surface area contributed by atoms with E-state index < -0.39 is 0 Å². The molecule has 1 N–H and O–H groups in total. The fourth-order valence-corrected chi connectivity index (χ4v) is 2.37. The Kier molecular flexibility index (Phi) is 3.31.